The molecule has 4 heteroatoms. The van der Waals surface area contributed by atoms with Gasteiger partial charge in [0.25, 0.3) is 0 Å². The molecule has 2 N–H and O–H groups in total. The Bertz CT molecular complexity index is 334. The first kappa shape index (κ1) is 11.5. The molecule has 1 fully saturated rings. The molecule has 1 saturated heterocycles. The van der Waals surface area contributed by atoms with Crippen LogP contribution < -0.4 is 10.6 Å². The van der Waals surface area contributed by atoms with Crippen LogP contribution in [0.4, 0.5) is 5.95 Å². The highest BCUT2D eigenvalue weighted by Crippen LogP contribution is 2.23. The lowest BCUT2D eigenvalue weighted by Crippen LogP contribution is -2.47. The first-order valence-corrected chi connectivity index (χ1v) is 6.27. The number of aromatic nitrogens is 2. The van der Waals surface area contributed by atoms with Gasteiger partial charge in [0.2, 0.25) is 5.95 Å². The molecule has 0 spiro atoms. The summed E-state index contributed by atoms with van der Waals surface area (Å²) in [4.78, 5) is 6.83. The second-order valence-corrected chi connectivity index (χ2v) is 4.58. The third-order valence-corrected chi connectivity index (χ3v) is 3.63. The number of rotatable bonds is 3. The summed E-state index contributed by atoms with van der Waals surface area (Å²) in [6.45, 7) is 7.44. The maximum Gasteiger partial charge on any atom is 0.205 e. The fourth-order valence-corrected chi connectivity index (χ4v) is 2.50. The average Bonchev–Trinajstić information content (AvgIpc) is 2.78. The maximum absolute atomic E-state index is 6.12. The van der Waals surface area contributed by atoms with Crippen molar-refractivity contribution in [3.05, 3.63) is 12.4 Å². The van der Waals surface area contributed by atoms with E-state index in [2.05, 4.69) is 28.3 Å². The summed E-state index contributed by atoms with van der Waals surface area (Å²) in [5.41, 5.74) is 6.12. The summed E-state index contributed by atoms with van der Waals surface area (Å²) in [5, 5.41) is 0. The van der Waals surface area contributed by atoms with Gasteiger partial charge in [-0.15, -0.1) is 0 Å². The normalized spacial score (nSPS) is 26.1. The van der Waals surface area contributed by atoms with Crippen LogP contribution in [-0.4, -0.2) is 28.7 Å². The first-order valence-electron chi connectivity index (χ1n) is 6.27. The number of anilines is 1. The van der Waals surface area contributed by atoms with E-state index in [1.165, 1.54) is 0 Å². The first-order chi connectivity index (χ1) is 7.76. The third kappa shape index (κ3) is 2.07. The Morgan fingerprint density at radius 2 is 2.31 bits per heavy atom. The van der Waals surface area contributed by atoms with Crippen molar-refractivity contribution < 1.29 is 0 Å². The van der Waals surface area contributed by atoms with E-state index in [1.807, 2.05) is 12.4 Å². The molecule has 4 nitrogen and oxygen atoms in total. The number of hydrogen-bond donors (Lipinski definition) is 1. The highest BCUT2D eigenvalue weighted by molar-refractivity contribution is 5.32. The Balaban J connectivity index is 2.11. The number of nitrogens with zero attached hydrogens (tertiary/aromatic N) is 3. The van der Waals surface area contributed by atoms with E-state index in [4.69, 9.17) is 5.73 Å². The lowest BCUT2D eigenvalue weighted by molar-refractivity contribution is 0.344. The molecular weight excluding hydrogens is 200 g/mol. The zero-order chi connectivity index (χ0) is 11.5. The molecule has 0 bridgehead atoms. The van der Waals surface area contributed by atoms with Crippen molar-refractivity contribution in [2.45, 2.75) is 39.3 Å². The van der Waals surface area contributed by atoms with Gasteiger partial charge in [0.15, 0.2) is 0 Å². The zero-order valence-electron chi connectivity index (χ0n) is 10.3. The summed E-state index contributed by atoms with van der Waals surface area (Å²) in [7, 11) is 0. The molecule has 1 aliphatic rings. The molecule has 0 aliphatic carbocycles. The fourth-order valence-electron chi connectivity index (χ4n) is 2.50. The molecular formula is C12H22N4. The Kier molecular flexibility index (Phi) is 3.49. The minimum atomic E-state index is 0.367. The monoisotopic (exact) mass is 222 g/mol. The van der Waals surface area contributed by atoms with Crippen LogP contribution in [0.1, 0.15) is 26.7 Å². The van der Waals surface area contributed by atoms with Crippen LogP contribution in [0.15, 0.2) is 12.4 Å². The van der Waals surface area contributed by atoms with Gasteiger partial charge in [-0.25, -0.2) is 4.98 Å². The van der Waals surface area contributed by atoms with E-state index in [1.54, 1.807) is 0 Å². The standard InChI is InChI=1S/C12H22N4/c1-3-10-9-16(7-5-11(10)13)12-14-6-8-15(12)4-2/h6,8,10-11H,3-5,7,9,13H2,1-2H3. The topological polar surface area (TPSA) is 47.1 Å². The van der Waals surface area contributed by atoms with Crippen molar-refractivity contribution in [2.24, 2.45) is 11.7 Å². The van der Waals surface area contributed by atoms with Crippen LogP contribution in [0.3, 0.4) is 0 Å². The van der Waals surface area contributed by atoms with Gasteiger partial charge in [0.05, 0.1) is 0 Å². The molecule has 2 atom stereocenters. The quantitative estimate of drug-likeness (QED) is 0.842. The van der Waals surface area contributed by atoms with Gasteiger partial charge in [-0.3, -0.25) is 0 Å². The van der Waals surface area contributed by atoms with E-state index in [0.29, 0.717) is 12.0 Å². The highest BCUT2D eigenvalue weighted by atomic mass is 15.3. The maximum atomic E-state index is 6.12. The van der Waals surface area contributed by atoms with E-state index in [9.17, 15) is 0 Å². The van der Waals surface area contributed by atoms with Crippen LogP contribution in [0.2, 0.25) is 0 Å². The van der Waals surface area contributed by atoms with Gasteiger partial charge in [0, 0.05) is 38.1 Å². The summed E-state index contributed by atoms with van der Waals surface area (Å²) in [6.07, 6.45) is 6.17. The Morgan fingerprint density at radius 1 is 1.50 bits per heavy atom. The largest absolute Gasteiger partial charge is 0.342 e. The molecule has 1 aromatic heterocycles. The minimum Gasteiger partial charge on any atom is -0.342 e. The summed E-state index contributed by atoms with van der Waals surface area (Å²) < 4.78 is 2.20. The van der Waals surface area contributed by atoms with E-state index in [0.717, 1.165) is 38.4 Å². The van der Waals surface area contributed by atoms with Gasteiger partial charge in [-0.05, 0) is 19.3 Å². The van der Waals surface area contributed by atoms with E-state index in [-0.39, 0.29) is 0 Å². The lowest BCUT2D eigenvalue weighted by atomic mass is 9.91. The Labute approximate surface area is 97.4 Å². The highest BCUT2D eigenvalue weighted by Gasteiger charge is 2.26. The Hall–Kier alpha value is -1.03. The summed E-state index contributed by atoms with van der Waals surface area (Å²) in [5.74, 6) is 1.71. The number of aryl methyl sites for hydroxylation is 1. The van der Waals surface area contributed by atoms with Crippen molar-refractivity contribution in [3.63, 3.8) is 0 Å². The van der Waals surface area contributed by atoms with Crippen LogP contribution in [0.25, 0.3) is 0 Å². The molecule has 2 unspecified atom stereocenters. The SMILES string of the molecule is CCC1CN(c2nccn2CC)CCC1N. The number of piperidine rings is 1. The molecule has 2 heterocycles. The van der Waals surface area contributed by atoms with Crippen molar-refractivity contribution in [1.82, 2.24) is 9.55 Å². The van der Waals surface area contributed by atoms with Crippen molar-refractivity contribution >= 4 is 5.95 Å². The van der Waals surface area contributed by atoms with Gasteiger partial charge in [0.1, 0.15) is 0 Å². The average molecular weight is 222 g/mol. The molecule has 0 amide bonds. The molecule has 16 heavy (non-hydrogen) atoms. The number of hydrogen-bond acceptors (Lipinski definition) is 3. The van der Waals surface area contributed by atoms with Crippen LogP contribution in [-0.2, 0) is 6.54 Å². The summed E-state index contributed by atoms with van der Waals surface area (Å²) >= 11 is 0. The van der Waals surface area contributed by atoms with Crippen molar-refractivity contribution in [3.8, 4) is 0 Å². The molecule has 0 aromatic carbocycles. The predicted molar refractivity (Wildman–Crippen MR) is 66.5 cm³/mol. The van der Waals surface area contributed by atoms with Gasteiger partial charge < -0.3 is 15.2 Å². The van der Waals surface area contributed by atoms with E-state index >= 15 is 0 Å². The Morgan fingerprint density at radius 3 is 3.00 bits per heavy atom. The van der Waals surface area contributed by atoms with Crippen LogP contribution in [0.5, 0.6) is 0 Å². The smallest absolute Gasteiger partial charge is 0.205 e. The van der Waals surface area contributed by atoms with Gasteiger partial charge in [-0.2, -0.15) is 0 Å². The van der Waals surface area contributed by atoms with Crippen LogP contribution in [0, 0.1) is 5.92 Å². The molecule has 2 rings (SSSR count). The van der Waals surface area contributed by atoms with Crippen molar-refractivity contribution in [2.75, 3.05) is 18.0 Å². The summed E-state index contributed by atoms with van der Waals surface area (Å²) in [6, 6.07) is 0.367. The zero-order valence-corrected chi connectivity index (χ0v) is 10.3. The lowest BCUT2D eigenvalue weighted by Gasteiger charge is -2.37. The number of imidazole rings is 1. The van der Waals surface area contributed by atoms with Crippen LogP contribution >= 0.6 is 0 Å². The molecule has 1 aliphatic heterocycles. The van der Waals surface area contributed by atoms with Gasteiger partial charge in [-0.1, -0.05) is 13.3 Å². The molecule has 1 aromatic rings. The minimum absolute atomic E-state index is 0.367. The second kappa shape index (κ2) is 4.87. The number of nitrogens with two attached hydrogens (primary N) is 1. The predicted octanol–water partition coefficient (Wildman–Crippen LogP) is 1.47. The fraction of sp³-hybridized carbons (Fsp3) is 0.750. The van der Waals surface area contributed by atoms with Crippen molar-refractivity contribution in [1.29, 1.82) is 0 Å². The molecule has 90 valence electrons. The second-order valence-electron chi connectivity index (χ2n) is 4.58. The van der Waals surface area contributed by atoms with Gasteiger partial charge >= 0.3 is 0 Å². The molecule has 0 radical (unpaired) electrons. The third-order valence-electron chi connectivity index (χ3n) is 3.63. The van der Waals surface area contributed by atoms with E-state index < -0.39 is 0 Å². The molecule has 0 saturated carbocycles.